The SMILES string of the molecule is C=C(C)[C@@H](CC)CC[C@@H](C)[C@H]1CCC2C3C(=O)C=C4CC(=O)CC[C@]4(C)C3CC[C@@]21C. The van der Waals surface area contributed by atoms with Crippen molar-refractivity contribution in [3.8, 4) is 0 Å². The third-order valence-corrected chi connectivity index (χ3v) is 10.7. The monoisotopic (exact) mass is 424 g/mol. The lowest BCUT2D eigenvalue weighted by atomic mass is 9.46. The molecule has 2 heteroatoms. The predicted molar refractivity (Wildman–Crippen MR) is 128 cm³/mol. The van der Waals surface area contributed by atoms with E-state index in [-0.39, 0.29) is 11.3 Å². The number of rotatable bonds is 6. The third-order valence-electron chi connectivity index (χ3n) is 10.7. The van der Waals surface area contributed by atoms with Gasteiger partial charge < -0.3 is 0 Å². The first kappa shape index (κ1) is 23.0. The molecule has 31 heavy (non-hydrogen) atoms. The van der Waals surface area contributed by atoms with Gasteiger partial charge in [0.1, 0.15) is 5.78 Å². The molecular formula is C29H44O2. The van der Waals surface area contributed by atoms with Crippen LogP contribution in [0, 0.1) is 46.3 Å². The summed E-state index contributed by atoms with van der Waals surface area (Å²) in [5.41, 5.74) is 2.87. The maximum absolute atomic E-state index is 13.4. The van der Waals surface area contributed by atoms with E-state index in [2.05, 4.69) is 41.2 Å². The molecule has 0 bridgehead atoms. The highest BCUT2D eigenvalue weighted by Gasteiger charge is 2.61. The molecule has 0 aromatic carbocycles. The summed E-state index contributed by atoms with van der Waals surface area (Å²) in [5, 5.41) is 0. The van der Waals surface area contributed by atoms with Gasteiger partial charge in [0, 0.05) is 18.8 Å². The van der Waals surface area contributed by atoms with Gasteiger partial charge in [0.05, 0.1) is 0 Å². The van der Waals surface area contributed by atoms with Gasteiger partial charge in [-0.25, -0.2) is 0 Å². The Morgan fingerprint density at radius 2 is 1.87 bits per heavy atom. The second-order valence-electron chi connectivity index (χ2n) is 12.2. The van der Waals surface area contributed by atoms with E-state index < -0.39 is 0 Å². The van der Waals surface area contributed by atoms with Gasteiger partial charge in [0.2, 0.25) is 0 Å². The van der Waals surface area contributed by atoms with E-state index in [9.17, 15) is 9.59 Å². The van der Waals surface area contributed by atoms with Gasteiger partial charge in [0.25, 0.3) is 0 Å². The van der Waals surface area contributed by atoms with E-state index in [1.807, 2.05) is 6.08 Å². The number of ketones is 2. The van der Waals surface area contributed by atoms with E-state index in [4.69, 9.17) is 0 Å². The van der Waals surface area contributed by atoms with Crippen molar-refractivity contribution in [2.45, 2.75) is 98.8 Å². The van der Waals surface area contributed by atoms with Crippen molar-refractivity contribution in [3.05, 3.63) is 23.8 Å². The molecule has 0 aromatic rings. The van der Waals surface area contributed by atoms with Crippen LogP contribution in [0.1, 0.15) is 98.8 Å². The largest absolute Gasteiger partial charge is 0.299 e. The van der Waals surface area contributed by atoms with Crippen LogP contribution in [-0.2, 0) is 9.59 Å². The zero-order valence-corrected chi connectivity index (χ0v) is 20.6. The minimum atomic E-state index is 0.0767. The van der Waals surface area contributed by atoms with Crippen LogP contribution in [0.5, 0.6) is 0 Å². The van der Waals surface area contributed by atoms with Crippen LogP contribution >= 0.6 is 0 Å². The quantitative estimate of drug-likeness (QED) is 0.418. The molecule has 3 fully saturated rings. The molecule has 0 N–H and O–H groups in total. The summed E-state index contributed by atoms with van der Waals surface area (Å²) in [5.74, 6) is 3.95. The lowest BCUT2D eigenvalue weighted by molar-refractivity contribution is -0.135. The highest BCUT2D eigenvalue weighted by atomic mass is 16.1. The molecular weight excluding hydrogens is 380 g/mol. The number of hydrogen-bond donors (Lipinski definition) is 0. The van der Waals surface area contributed by atoms with Crippen molar-refractivity contribution in [2.24, 2.45) is 46.3 Å². The van der Waals surface area contributed by atoms with Crippen LogP contribution in [0.25, 0.3) is 0 Å². The molecule has 3 saturated carbocycles. The Morgan fingerprint density at radius 3 is 2.55 bits per heavy atom. The minimum Gasteiger partial charge on any atom is -0.299 e. The predicted octanol–water partition coefficient (Wildman–Crippen LogP) is 7.33. The number of fused-ring (bicyclic) bond motifs is 5. The Morgan fingerprint density at radius 1 is 1.13 bits per heavy atom. The van der Waals surface area contributed by atoms with Crippen LogP contribution in [0.2, 0.25) is 0 Å². The maximum Gasteiger partial charge on any atom is 0.159 e. The van der Waals surface area contributed by atoms with Crippen molar-refractivity contribution in [1.29, 1.82) is 0 Å². The first-order valence-electron chi connectivity index (χ1n) is 13.0. The molecule has 0 aliphatic heterocycles. The summed E-state index contributed by atoms with van der Waals surface area (Å²) >= 11 is 0. The molecule has 8 atom stereocenters. The van der Waals surface area contributed by atoms with Crippen LogP contribution in [0.3, 0.4) is 0 Å². The van der Waals surface area contributed by atoms with Gasteiger partial charge in [-0.1, -0.05) is 45.4 Å². The third kappa shape index (κ3) is 3.70. The smallest absolute Gasteiger partial charge is 0.159 e. The molecule has 0 amide bonds. The zero-order chi connectivity index (χ0) is 22.6. The van der Waals surface area contributed by atoms with Crippen molar-refractivity contribution < 1.29 is 9.59 Å². The van der Waals surface area contributed by atoms with E-state index in [0.29, 0.717) is 53.5 Å². The molecule has 4 aliphatic carbocycles. The molecule has 3 unspecified atom stereocenters. The van der Waals surface area contributed by atoms with Gasteiger partial charge in [-0.05, 0) is 105 Å². The second-order valence-corrected chi connectivity index (χ2v) is 12.2. The van der Waals surface area contributed by atoms with Gasteiger partial charge in [-0.3, -0.25) is 9.59 Å². The Bertz CT molecular complexity index is 791. The molecule has 4 rings (SSSR count). The highest BCUT2D eigenvalue weighted by molar-refractivity contribution is 5.96. The fourth-order valence-electron chi connectivity index (χ4n) is 8.66. The Labute approximate surface area is 190 Å². The number of hydrogen-bond acceptors (Lipinski definition) is 2. The lowest BCUT2D eigenvalue weighted by Crippen LogP contribution is -2.53. The normalized spacial score (nSPS) is 41.6. The van der Waals surface area contributed by atoms with Gasteiger partial charge in [0.15, 0.2) is 5.78 Å². The van der Waals surface area contributed by atoms with Crippen LogP contribution in [0.4, 0.5) is 0 Å². The molecule has 0 spiro atoms. The minimum absolute atomic E-state index is 0.0767. The number of carbonyl (C=O) groups is 2. The lowest BCUT2D eigenvalue weighted by Gasteiger charge is -2.57. The summed E-state index contributed by atoms with van der Waals surface area (Å²) in [6, 6.07) is 0. The van der Waals surface area contributed by atoms with Crippen LogP contribution in [0.15, 0.2) is 23.8 Å². The standard InChI is InChI=1S/C29H44O2/c1-7-20(18(2)3)9-8-19(4)23-10-11-24-27-25(13-15-29(23,24)6)28(5)14-12-22(30)16-21(28)17-26(27)31/h17,19-20,23-25,27H,2,7-16H2,1,3-6H3/t19-,20+,23-,24?,25?,27?,28+,29-/m1/s1. The Balaban J connectivity index is 1.54. The van der Waals surface area contributed by atoms with Gasteiger partial charge in [-0.15, -0.1) is 0 Å². The van der Waals surface area contributed by atoms with E-state index in [0.717, 1.165) is 24.3 Å². The summed E-state index contributed by atoms with van der Waals surface area (Å²) < 4.78 is 0. The maximum atomic E-state index is 13.4. The first-order chi connectivity index (χ1) is 14.6. The van der Waals surface area contributed by atoms with Crippen molar-refractivity contribution in [1.82, 2.24) is 0 Å². The molecule has 0 radical (unpaired) electrons. The molecule has 2 nitrogen and oxygen atoms in total. The van der Waals surface area contributed by atoms with Gasteiger partial charge >= 0.3 is 0 Å². The van der Waals surface area contributed by atoms with E-state index in [1.54, 1.807) is 0 Å². The number of Topliss-reactive ketones (excluding diaryl/α,β-unsaturated/α-hetero) is 1. The molecule has 0 aromatic heterocycles. The summed E-state index contributed by atoms with van der Waals surface area (Å²) in [7, 11) is 0. The second kappa shape index (κ2) is 8.31. The molecule has 0 heterocycles. The number of allylic oxidation sites excluding steroid dienone is 3. The Kier molecular flexibility index (Phi) is 6.16. The van der Waals surface area contributed by atoms with E-state index >= 15 is 0 Å². The highest BCUT2D eigenvalue weighted by Crippen LogP contribution is 2.66. The summed E-state index contributed by atoms with van der Waals surface area (Å²) in [6.07, 6.45) is 12.8. The van der Waals surface area contributed by atoms with Gasteiger partial charge in [-0.2, -0.15) is 0 Å². The average molecular weight is 425 g/mol. The van der Waals surface area contributed by atoms with Crippen molar-refractivity contribution in [2.75, 3.05) is 0 Å². The number of carbonyl (C=O) groups excluding carboxylic acids is 2. The van der Waals surface area contributed by atoms with Crippen LogP contribution < -0.4 is 0 Å². The zero-order valence-electron chi connectivity index (χ0n) is 20.6. The Hall–Kier alpha value is -1.18. The van der Waals surface area contributed by atoms with Crippen molar-refractivity contribution >= 4 is 11.6 Å². The molecule has 172 valence electrons. The first-order valence-corrected chi connectivity index (χ1v) is 13.0. The molecule has 0 saturated heterocycles. The van der Waals surface area contributed by atoms with Crippen LogP contribution in [-0.4, -0.2) is 11.6 Å². The topological polar surface area (TPSA) is 34.1 Å². The fourth-order valence-corrected chi connectivity index (χ4v) is 8.66. The molecule has 4 aliphatic rings. The summed E-state index contributed by atoms with van der Waals surface area (Å²) in [4.78, 5) is 25.5. The average Bonchev–Trinajstić information content (AvgIpc) is 3.06. The van der Waals surface area contributed by atoms with Crippen molar-refractivity contribution in [3.63, 3.8) is 0 Å². The fraction of sp³-hybridized carbons (Fsp3) is 0.793. The van der Waals surface area contributed by atoms with E-state index in [1.165, 1.54) is 44.1 Å². The summed E-state index contributed by atoms with van der Waals surface area (Å²) in [6.45, 7) is 16.1.